The van der Waals surface area contributed by atoms with E-state index < -0.39 is 0 Å². The maximum atomic E-state index is 4.12. The Morgan fingerprint density at radius 2 is 2.21 bits per heavy atom. The largest absolute Gasteiger partial charge is 0.264 e. The summed E-state index contributed by atoms with van der Waals surface area (Å²) in [6, 6.07) is 8.49. The SMILES string of the molecule is CCCc1ccc(-c2cccnc2)s1. The molecule has 0 unspecified atom stereocenters. The number of hydrogen-bond donors (Lipinski definition) is 0. The lowest BCUT2D eigenvalue weighted by atomic mass is 10.2. The second kappa shape index (κ2) is 4.38. The van der Waals surface area contributed by atoms with Crippen molar-refractivity contribution in [3.8, 4) is 10.4 Å². The summed E-state index contributed by atoms with van der Waals surface area (Å²) in [5.74, 6) is 0. The molecule has 2 heterocycles. The average molecular weight is 203 g/mol. The van der Waals surface area contributed by atoms with Crippen molar-refractivity contribution in [1.29, 1.82) is 0 Å². The van der Waals surface area contributed by atoms with Gasteiger partial charge in [0.15, 0.2) is 0 Å². The first-order valence-corrected chi connectivity index (χ1v) is 5.71. The lowest BCUT2D eigenvalue weighted by Crippen LogP contribution is -1.73. The van der Waals surface area contributed by atoms with Crippen LogP contribution in [-0.2, 0) is 6.42 Å². The number of thiophene rings is 1. The summed E-state index contributed by atoms with van der Waals surface area (Å²) < 4.78 is 0. The van der Waals surface area contributed by atoms with Crippen LogP contribution in [0.5, 0.6) is 0 Å². The molecule has 0 bridgehead atoms. The van der Waals surface area contributed by atoms with E-state index in [2.05, 4.69) is 30.1 Å². The lowest BCUT2D eigenvalue weighted by molar-refractivity contribution is 0.940. The van der Waals surface area contributed by atoms with Crippen LogP contribution in [0, 0.1) is 0 Å². The van der Waals surface area contributed by atoms with E-state index in [0.717, 1.165) is 0 Å². The van der Waals surface area contributed by atoms with Gasteiger partial charge in [-0.2, -0.15) is 0 Å². The number of rotatable bonds is 3. The van der Waals surface area contributed by atoms with Crippen molar-refractivity contribution in [1.82, 2.24) is 4.98 Å². The second-order valence-electron chi connectivity index (χ2n) is 3.26. The molecule has 72 valence electrons. The smallest absolute Gasteiger partial charge is 0.0361 e. The molecule has 0 saturated carbocycles. The predicted octanol–water partition coefficient (Wildman–Crippen LogP) is 3.76. The Morgan fingerprint density at radius 3 is 2.93 bits per heavy atom. The molecule has 0 aliphatic carbocycles. The normalized spacial score (nSPS) is 10.4. The Morgan fingerprint density at radius 1 is 1.29 bits per heavy atom. The van der Waals surface area contributed by atoms with Crippen LogP contribution in [-0.4, -0.2) is 4.98 Å². The van der Waals surface area contributed by atoms with E-state index in [-0.39, 0.29) is 0 Å². The molecule has 0 aromatic carbocycles. The van der Waals surface area contributed by atoms with Crippen molar-refractivity contribution < 1.29 is 0 Å². The minimum Gasteiger partial charge on any atom is -0.264 e. The highest BCUT2D eigenvalue weighted by Gasteiger charge is 2.01. The molecule has 2 aromatic rings. The molecule has 0 atom stereocenters. The fourth-order valence-electron chi connectivity index (χ4n) is 1.42. The minimum absolute atomic E-state index is 1.19. The van der Waals surface area contributed by atoms with Gasteiger partial charge in [0.2, 0.25) is 0 Å². The van der Waals surface area contributed by atoms with Gasteiger partial charge in [-0.3, -0.25) is 4.98 Å². The van der Waals surface area contributed by atoms with Crippen LogP contribution in [0.1, 0.15) is 18.2 Å². The van der Waals surface area contributed by atoms with Gasteiger partial charge >= 0.3 is 0 Å². The zero-order valence-corrected chi connectivity index (χ0v) is 9.05. The van der Waals surface area contributed by atoms with E-state index in [1.807, 2.05) is 29.8 Å². The highest BCUT2D eigenvalue weighted by atomic mass is 32.1. The third-order valence-electron chi connectivity index (χ3n) is 2.10. The van der Waals surface area contributed by atoms with Crippen molar-refractivity contribution in [3.63, 3.8) is 0 Å². The summed E-state index contributed by atoms with van der Waals surface area (Å²) in [6.07, 6.45) is 6.13. The summed E-state index contributed by atoms with van der Waals surface area (Å²) in [4.78, 5) is 6.91. The van der Waals surface area contributed by atoms with Crippen molar-refractivity contribution in [2.75, 3.05) is 0 Å². The molecule has 0 saturated heterocycles. The molecule has 2 aromatic heterocycles. The minimum atomic E-state index is 1.19. The Balaban J connectivity index is 2.25. The van der Waals surface area contributed by atoms with Gasteiger partial charge < -0.3 is 0 Å². The molecule has 0 fully saturated rings. The Kier molecular flexibility index (Phi) is 2.94. The number of hydrogen-bond acceptors (Lipinski definition) is 2. The summed E-state index contributed by atoms with van der Waals surface area (Å²) in [5.41, 5.74) is 1.22. The third kappa shape index (κ3) is 2.02. The van der Waals surface area contributed by atoms with E-state index in [4.69, 9.17) is 0 Å². The molecule has 0 amide bonds. The molecular weight excluding hydrogens is 190 g/mol. The van der Waals surface area contributed by atoms with Gasteiger partial charge in [0.25, 0.3) is 0 Å². The average Bonchev–Trinajstić information content (AvgIpc) is 2.68. The van der Waals surface area contributed by atoms with Crippen LogP contribution in [0.4, 0.5) is 0 Å². The Hall–Kier alpha value is -1.15. The monoisotopic (exact) mass is 203 g/mol. The topological polar surface area (TPSA) is 12.9 Å². The van der Waals surface area contributed by atoms with Crippen LogP contribution in [0.3, 0.4) is 0 Å². The quantitative estimate of drug-likeness (QED) is 0.740. The molecule has 14 heavy (non-hydrogen) atoms. The first-order chi connectivity index (χ1) is 6.90. The van der Waals surface area contributed by atoms with E-state index in [1.165, 1.54) is 28.2 Å². The molecule has 2 rings (SSSR count). The van der Waals surface area contributed by atoms with Gasteiger partial charge in [-0.05, 0) is 24.6 Å². The number of aromatic nitrogens is 1. The Labute approximate surface area is 88.4 Å². The second-order valence-corrected chi connectivity index (χ2v) is 4.43. The van der Waals surface area contributed by atoms with Gasteiger partial charge in [-0.15, -0.1) is 11.3 Å². The van der Waals surface area contributed by atoms with Gasteiger partial charge in [0, 0.05) is 27.7 Å². The summed E-state index contributed by atoms with van der Waals surface area (Å²) >= 11 is 1.87. The lowest BCUT2D eigenvalue weighted by Gasteiger charge is -1.94. The number of pyridine rings is 1. The molecule has 2 heteroatoms. The summed E-state index contributed by atoms with van der Waals surface area (Å²) in [7, 11) is 0. The predicted molar refractivity (Wildman–Crippen MR) is 61.5 cm³/mol. The standard InChI is InChI=1S/C12H13NS/c1-2-4-11-6-7-12(14-11)10-5-3-8-13-9-10/h3,5-9H,2,4H2,1H3. The van der Waals surface area contributed by atoms with Crippen molar-refractivity contribution >= 4 is 11.3 Å². The highest BCUT2D eigenvalue weighted by Crippen LogP contribution is 2.27. The van der Waals surface area contributed by atoms with E-state index >= 15 is 0 Å². The van der Waals surface area contributed by atoms with Gasteiger partial charge in [-0.1, -0.05) is 19.4 Å². The van der Waals surface area contributed by atoms with E-state index in [9.17, 15) is 0 Å². The number of aryl methyl sites for hydroxylation is 1. The fraction of sp³-hybridized carbons (Fsp3) is 0.250. The molecule has 0 aliphatic heterocycles. The third-order valence-corrected chi connectivity index (χ3v) is 3.30. The molecule has 0 N–H and O–H groups in total. The first kappa shape index (κ1) is 9.41. The fourth-order valence-corrected chi connectivity index (χ4v) is 2.52. The molecule has 1 nitrogen and oxygen atoms in total. The van der Waals surface area contributed by atoms with Crippen LogP contribution in [0.2, 0.25) is 0 Å². The van der Waals surface area contributed by atoms with E-state index in [1.54, 1.807) is 0 Å². The number of nitrogens with zero attached hydrogens (tertiary/aromatic N) is 1. The van der Waals surface area contributed by atoms with Crippen LogP contribution < -0.4 is 0 Å². The van der Waals surface area contributed by atoms with Crippen LogP contribution in [0.25, 0.3) is 10.4 Å². The first-order valence-electron chi connectivity index (χ1n) is 4.89. The maximum absolute atomic E-state index is 4.12. The van der Waals surface area contributed by atoms with Crippen molar-refractivity contribution in [2.24, 2.45) is 0 Å². The maximum Gasteiger partial charge on any atom is 0.0361 e. The zero-order valence-electron chi connectivity index (χ0n) is 8.23. The van der Waals surface area contributed by atoms with Gasteiger partial charge in [0.1, 0.15) is 0 Å². The van der Waals surface area contributed by atoms with Crippen molar-refractivity contribution in [2.45, 2.75) is 19.8 Å². The molecule has 0 aliphatic rings. The summed E-state index contributed by atoms with van der Waals surface area (Å²) in [5, 5.41) is 0. The van der Waals surface area contributed by atoms with E-state index in [0.29, 0.717) is 0 Å². The highest BCUT2D eigenvalue weighted by molar-refractivity contribution is 7.15. The molecular formula is C12H13NS. The van der Waals surface area contributed by atoms with Gasteiger partial charge in [-0.25, -0.2) is 0 Å². The van der Waals surface area contributed by atoms with Crippen molar-refractivity contribution in [3.05, 3.63) is 41.5 Å². The molecule has 0 radical (unpaired) electrons. The summed E-state index contributed by atoms with van der Waals surface area (Å²) in [6.45, 7) is 2.21. The van der Waals surface area contributed by atoms with Gasteiger partial charge in [0.05, 0.1) is 0 Å². The molecule has 0 spiro atoms. The van der Waals surface area contributed by atoms with Crippen LogP contribution in [0.15, 0.2) is 36.7 Å². The Bertz CT molecular complexity index is 392. The van der Waals surface area contributed by atoms with Crippen LogP contribution >= 0.6 is 11.3 Å². The zero-order chi connectivity index (χ0) is 9.80.